The molecule has 2 N–H and O–H groups in total. The van der Waals surface area contributed by atoms with E-state index in [0.29, 0.717) is 0 Å². The number of hydrogen-bond donors (Lipinski definition) is 2. The number of carbonyl (C=O) groups is 3. The largest absolute Gasteiger partial charge is 0.550 e. The molecule has 0 aromatic heterocycles. The molecule has 0 aliphatic rings. The SMILES string of the molecule is O=C([O-])CCC(=O)NNC(=O)c1cccc([N+](=O)[O-])c1. The molecule has 1 aromatic carbocycles. The molecule has 0 saturated heterocycles. The summed E-state index contributed by atoms with van der Waals surface area (Å²) in [6.07, 6.45) is -0.823. The first-order valence-corrected chi connectivity index (χ1v) is 5.43. The summed E-state index contributed by atoms with van der Waals surface area (Å²) >= 11 is 0. The van der Waals surface area contributed by atoms with Crippen LogP contribution >= 0.6 is 0 Å². The van der Waals surface area contributed by atoms with E-state index in [4.69, 9.17) is 0 Å². The molecule has 0 saturated carbocycles. The van der Waals surface area contributed by atoms with Crippen LogP contribution in [0.3, 0.4) is 0 Å². The van der Waals surface area contributed by atoms with Gasteiger partial charge in [0.2, 0.25) is 5.91 Å². The van der Waals surface area contributed by atoms with Gasteiger partial charge < -0.3 is 9.90 Å². The van der Waals surface area contributed by atoms with Crippen molar-refractivity contribution in [2.45, 2.75) is 12.8 Å². The number of nitro benzene ring substituents is 1. The second-order valence-electron chi connectivity index (χ2n) is 3.68. The van der Waals surface area contributed by atoms with Gasteiger partial charge in [-0.05, 0) is 12.5 Å². The molecule has 9 heteroatoms. The number of nitrogens with zero attached hydrogens (tertiary/aromatic N) is 1. The van der Waals surface area contributed by atoms with Gasteiger partial charge in [-0.15, -0.1) is 0 Å². The maximum atomic E-state index is 11.6. The number of hydrogen-bond acceptors (Lipinski definition) is 6. The van der Waals surface area contributed by atoms with E-state index in [1.165, 1.54) is 18.2 Å². The highest BCUT2D eigenvalue weighted by Crippen LogP contribution is 2.12. The lowest BCUT2D eigenvalue weighted by Gasteiger charge is -2.07. The molecule has 0 aliphatic carbocycles. The van der Waals surface area contributed by atoms with Gasteiger partial charge >= 0.3 is 0 Å². The molecular formula is C11H10N3O6-. The van der Waals surface area contributed by atoms with E-state index in [1.807, 2.05) is 10.9 Å². The van der Waals surface area contributed by atoms with Crippen LogP contribution in [0.1, 0.15) is 23.2 Å². The third-order valence-electron chi connectivity index (χ3n) is 2.19. The van der Waals surface area contributed by atoms with Crippen molar-refractivity contribution in [1.29, 1.82) is 0 Å². The molecule has 0 unspecified atom stereocenters. The first kappa shape index (κ1) is 15.1. The van der Waals surface area contributed by atoms with E-state index < -0.39 is 29.1 Å². The fourth-order valence-corrected chi connectivity index (χ4v) is 1.24. The first-order chi connectivity index (χ1) is 9.40. The highest BCUT2D eigenvalue weighted by Gasteiger charge is 2.12. The quantitative estimate of drug-likeness (QED) is 0.517. The number of carbonyl (C=O) groups excluding carboxylic acids is 3. The second kappa shape index (κ2) is 6.83. The Bertz CT molecular complexity index is 557. The zero-order chi connectivity index (χ0) is 15.1. The van der Waals surface area contributed by atoms with E-state index in [0.717, 1.165) is 6.07 Å². The molecule has 0 fully saturated rings. The van der Waals surface area contributed by atoms with Gasteiger partial charge in [0.25, 0.3) is 11.6 Å². The number of non-ortho nitro benzene ring substituents is 1. The molecular weight excluding hydrogens is 270 g/mol. The molecule has 0 atom stereocenters. The Morgan fingerprint density at radius 2 is 1.85 bits per heavy atom. The molecule has 2 amide bonds. The van der Waals surface area contributed by atoms with Gasteiger partial charge in [0.1, 0.15) is 0 Å². The van der Waals surface area contributed by atoms with E-state index in [9.17, 15) is 29.6 Å². The van der Waals surface area contributed by atoms with E-state index in [-0.39, 0.29) is 17.7 Å². The standard InChI is InChI=1S/C11H11N3O6/c15-9(4-5-10(16)17)12-13-11(18)7-2-1-3-8(6-7)14(19)20/h1-3,6H,4-5H2,(H,12,15)(H,13,18)(H,16,17)/p-1. The maximum absolute atomic E-state index is 11.6. The Balaban J connectivity index is 2.54. The fraction of sp³-hybridized carbons (Fsp3) is 0.182. The fourth-order valence-electron chi connectivity index (χ4n) is 1.24. The predicted octanol–water partition coefficient (Wildman–Crippen LogP) is -1.11. The van der Waals surface area contributed by atoms with Crippen molar-refractivity contribution >= 4 is 23.5 Å². The van der Waals surface area contributed by atoms with Crippen LogP contribution in [0.4, 0.5) is 5.69 Å². The lowest BCUT2D eigenvalue weighted by Crippen LogP contribution is -2.42. The summed E-state index contributed by atoms with van der Waals surface area (Å²) in [5, 5.41) is 20.7. The Kier molecular flexibility index (Phi) is 5.15. The molecule has 106 valence electrons. The van der Waals surface area contributed by atoms with Crippen molar-refractivity contribution in [2.75, 3.05) is 0 Å². The van der Waals surface area contributed by atoms with Gasteiger partial charge in [0.15, 0.2) is 0 Å². The smallest absolute Gasteiger partial charge is 0.270 e. The van der Waals surface area contributed by atoms with Crippen LogP contribution in [0.5, 0.6) is 0 Å². The average Bonchev–Trinajstić information content (AvgIpc) is 2.42. The number of hydrazine groups is 1. The van der Waals surface area contributed by atoms with Crippen molar-refractivity contribution in [3.8, 4) is 0 Å². The normalized spacial score (nSPS) is 9.60. The van der Waals surface area contributed by atoms with Crippen LogP contribution in [-0.2, 0) is 9.59 Å². The Hall–Kier alpha value is -2.97. The van der Waals surface area contributed by atoms with Crippen LogP contribution in [-0.4, -0.2) is 22.7 Å². The molecule has 0 heterocycles. The van der Waals surface area contributed by atoms with Crippen molar-refractivity contribution in [1.82, 2.24) is 10.9 Å². The summed E-state index contributed by atoms with van der Waals surface area (Å²) in [4.78, 5) is 42.7. The molecule has 0 aliphatic heterocycles. The van der Waals surface area contributed by atoms with E-state index >= 15 is 0 Å². The molecule has 0 bridgehead atoms. The molecule has 0 spiro atoms. The van der Waals surface area contributed by atoms with Crippen molar-refractivity contribution in [2.24, 2.45) is 0 Å². The number of amides is 2. The minimum atomic E-state index is -1.38. The summed E-state index contributed by atoms with van der Waals surface area (Å²) in [5.74, 6) is -2.85. The Morgan fingerprint density at radius 1 is 1.15 bits per heavy atom. The van der Waals surface area contributed by atoms with Crippen LogP contribution in [0.25, 0.3) is 0 Å². The number of benzene rings is 1. The monoisotopic (exact) mass is 280 g/mol. The van der Waals surface area contributed by atoms with Crippen molar-refractivity contribution in [3.05, 3.63) is 39.9 Å². The Morgan fingerprint density at radius 3 is 2.45 bits per heavy atom. The third kappa shape index (κ3) is 4.72. The number of nitrogens with one attached hydrogen (secondary N) is 2. The highest BCUT2D eigenvalue weighted by molar-refractivity contribution is 5.96. The number of rotatable bonds is 5. The molecule has 20 heavy (non-hydrogen) atoms. The summed E-state index contributed by atoms with van der Waals surface area (Å²) in [6.45, 7) is 0. The minimum Gasteiger partial charge on any atom is -0.550 e. The molecule has 1 rings (SSSR count). The second-order valence-corrected chi connectivity index (χ2v) is 3.68. The van der Waals surface area contributed by atoms with Gasteiger partial charge in [0, 0.05) is 30.1 Å². The average molecular weight is 280 g/mol. The zero-order valence-corrected chi connectivity index (χ0v) is 10.1. The van der Waals surface area contributed by atoms with Crippen LogP contribution < -0.4 is 16.0 Å². The van der Waals surface area contributed by atoms with Crippen LogP contribution in [0.2, 0.25) is 0 Å². The number of carboxylic acids is 1. The summed E-state index contributed by atoms with van der Waals surface area (Å²) in [6, 6.07) is 4.92. The van der Waals surface area contributed by atoms with Crippen molar-refractivity contribution in [3.63, 3.8) is 0 Å². The lowest BCUT2D eigenvalue weighted by molar-refractivity contribution is -0.384. The molecule has 1 aromatic rings. The van der Waals surface area contributed by atoms with Crippen LogP contribution in [0, 0.1) is 10.1 Å². The Labute approximate surface area is 112 Å². The van der Waals surface area contributed by atoms with E-state index in [2.05, 4.69) is 0 Å². The third-order valence-corrected chi connectivity index (χ3v) is 2.19. The summed E-state index contributed by atoms with van der Waals surface area (Å²) in [7, 11) is 0. The van der Waals surface area contributed by atoms with E-state index in [1.54, 1.807) is 0 Å². The highest BCUT2D eigenvalue weighted by atomic mass is 16.6. The van der Waals surface area contributed by atoms with Gasteiger partial charge in [-0.2, -0.15) is 0 Å². The maximum Gasteiger partial charge on any atom is 0.270 e. The number of aliphatic carboxylic acids is 1. The summed E-state index contributed by atoms with van der Waals surface area (Å²) < 4.78 is 0. The number of nitro groups is 1. The van der Waals surface area contributed by atoms with Gasteiger partial charge in [-0.25, -0.2) is 0 Å². The minimum absolute atomic E-state index is 0.0144. The van der Waals surface area contributed by atoms with Gasteiger partial charge in [-0.3, -0.25) is 30.6 Å². The zero-order valence-electron chi connectivity index (χ0n) is 10.1. The van der Waals surface area contributed by atoms with Gasteiger partial charge in [0.05, 0.1) is 4.92 Å². The number of carboxylic acid groups (broad SMARTS) is 1. The molecule has 9 nitrogen and oxygen atoms in total. The summed E-state index contributed by atoms with van der Waals surface area (Å²) in [5.41, 5.74) is 3.72. The first-order valence-electron chi connectivity index (χ1n) is 5.43. The topological polar surface area (TPSA) is 141 Å². The molecule has 0 radical (unpaired) electrons. The van der Waals surface area contributed by atoms with Gasteiger partial charge in [-0.1, -0.05) is 6.07 Å². The van der Waals surface area contributed by atoms with Crippen LogP contribution in [0.15, 0.2) is 24.3 Å². The van der Waals surface area contributed by atoms with Crippen molar-refractivity contribution < 1.29 is 24.4 Å². The lowest BCUT2D eigenvalue weighted by atomic mass is 10.2. The predicted molar refractivity (Wildman–Crippen MR) is 62.9 cm³/mol.